The molecule has 1 aliphatic rings. The zero-order chi connectivity index (χ0) is 23.3. The number of hydrogen-bond donors (Lipinski definition) is 1. The average Bonchev–Trinajstić information content (AvgIpc) is 3.32. The normalized spacial score (nSPS) is 17.8. The highest BCUT2D eigenvalue weighted by Crippen LogP contribution is 2.44. The van der Waals surface area contributed by atoms with Crippen LogP contribution in [0.2, 0.25) is 5.02 Å². The zero-order valence-corrected chi connectivity index (χ0v) is 18.2. The van der Waals surface area contributed by atoms with E-state index in [1.807, 2.05) is 0 Å². The SMILES string of the molecule is O=C1C(=O)N(c2nc3ccc(F)cc3s2)C(c2ccc(F)cc2)/C1=C(\O)c1ccc(Cl)cc1. The molecular weight excluding hydrogens is 470 g/mol. The molecule has 1 atom stereocenters. The number of aliphatic hydroxyl groups is 1. The number of carbonyl (C=O) groups is 2. The summed E-state index contributed by atoms with van der Waals surface area (Å²) in [5.41, 5.74) is 0.973. The first-order valence-electron chi connectivity index (χ1n) is 9.72. The number of Topliss-reactive ketones (excluding diaryl/α,β-unsaturated/α-hetero) is 1. The quantitative estimate of drug-likeness (QED) is 0.226. The number of thiazole rings is 1. The number of aliphatic hydroxyl groups excluding tert-OH is 1. The molecule has 1 amide bonds. The Kier molecular flexibility index (Phi) is 5.19. The van der Waals surface area contributed by atoms with Gasteiger partial charge in [-0.2, -0.15) is 0 Å². The second-order valence-corrected chi connectivity index (χ2v) is 8.78. The second kappa shape index (κ2) is 8.06. The van der Waals surface area contributed by atoms with Gasteiger partial charge in [-0.3, -0.25) is 14.5 Å². The van der Waals surface area contributed by atoms with E-state index in [-0.39, 0.29) is 16.3 Å². The Morgan fingerprint density at radius 2 is 1.64 bits per heavy atom. The second-order valence-electron chi connectivity index (χ2n) is 7.34. The van der Waals surface area contributed by atoms with Gasteiger partial charge in [-0.1, -0.05) is 35.1 Å². The standard InChI is InChI=1S/C24H13ClF2N2O3S/c25-14-5-1-13(2-6-14)21(30)19-20(12-3-7-15(26)8-4-12)29(23(32)22(19)31)24-28-17-10-9-16(27)11-18(17)33-24/h1-11,20,30H/b21-19+. The maximum atomic E-state index is 13.7. The van der Waals surface area contributed by atoms with Gasteiger partial charge >= 0.3 is 5.91 Å². The van der Waals surface area contributed by atoms with Crippen LogP contribution >= 0.6 is 22.9 Å². The van der Waals surface area contributed by atoms with Crippen LogP contribution in [0, 0.1) is 11.6 Å². The van der Waals surface area contributed by atoms with Gasteiger partial charge in [0.25, 0.3) is 5.78 Å². The number of ketones is 1. The summed E-state index contributed by atoms with van der Waals surface area (Å²) in [5.74, 6) is -3.17. The smallest absolute Gasteiger partial charge is 0.301 e. The zero-order valence-electron chi connectivity index (χ0n) is 16.6. The van der Waals surface area contributed by atoms with Gasteiger partial charge < -0.3 is 5.11 Å². The van der Waals surface area contributed by atoms with Gasteiger partial charge in [-0.25, -0.2) is 13.8 Å². The fourth-order valence-electron chi connectivity index (χ4n) is 3.74. The number of fused-ring (bicyclic) bond motifs is 1. The van der Waals surface area contributed by atoms with Gasteiger partial charge in [0.15, 0.2) is 5.13 Å². The Morgan fingerprint density at radius 1 is 0.970 bits per heavy atom. The topological polar surface area (TPSA) is 70.5 Å². The third-order valence-corrected chi connectivity index (χ3v) is 6.56. The number of anilines is 1. The Balaban J connectivity index is 1.73. The number of rotatable bonds is 3. The van der Waals surface area contributed by atoms with Crippen molar-refractivity contribution in [1.29, 1.82) is 0 Å². The predicted octanol–water partition coefficient (Wildman–Crippen LogP) is 5.85. The van der Waals surface area contributed by atoms with Gasteiger partial charge in [-0.05, 0) is 60.2 Å². The van der Waals surface area contributed by atoms with Crippen LogP contribution in [0.3, 0.4) is 0 Å². The summed E-state index contributed by atoms with van der Waals surface area (Å²) in [6.45, 7) is 0. The first kappa shape index (κ1) is 21.2. The minimum atomic E-state index is -1.06. The summed E-state index contributed by atoms with van der Waals surface area (Å²) >= 11 is 6.96. The lowest BCUT2D eigenvalue weighted by molar-refractivity contribution is -0.132. The molecule has 0 radical (unpaired) electrons. The average molecular weight is 483 g/mol. The molecule has 1 aliphatic heterocycles. The van der Waals surface area contributed by atoms with Crippen molar-refractivity contribution >= 4 is 55.7 Å². The third kappa shape index (κ3) is 3.67. The molecule has 3 aromatic carbocycles. The van der Waals surface area contributed by atoms with E-state index in [0.717, 1.165) is 16.2 Å². The van der Waals surface area contributed by atoms with Gasteiger partial charge in [0.2, 0.25) is 0 Å². The van der Waals surface area contributed by atoms with Crippen LogP contribution in [-0.2, 0) is 9.59 Å². The predicted molar refractivity (Wildman–Crippen MR) is 122 cm³/mol. The molecule has 0 bridgehead atoms. The number of amides is 1. The van der Waals surface area contributed by atoms with Crippen LogP contribution in [0.15, 0.2) is 72.3 Å². The van der Waals surface area contributed by atoms with Crippen molar-refractivity contribution in [3.05, 3.63) is 100 Å². The van der Waals surface area contributed by atoms with Crippen LogP contribution in [-0.4, -0.2) is 21.8 Å². The number of carbonyl (C=O) groups excluding carboxylic acids is 2. The van der Waals surface area contributed by atoms with E-state index in [0.29, 0.717) is 20.8 Å². The van der Waals surface area contributed by atoms with Gasteiger partial charge in [0.1, 0.15) is 17.4 Å². The van der Waals surface area contributed by atoms with Crippen molar-refractivity contribution in [3.63, 3.8) is 0 Å². The number of halogens is 3. The van der Waals surface area contributed by atoms with Crippen molar-refractivity contribution in [2.24, 2.45) is 0 Å². The molecule has 0 saturated carbocycles. The molecule has 2 heterocycles. The Hall–Kier alpha value is -3.62. The Bertz CT molecular complexity index is 1450. The van der Waals surface area contributed by atoms with Crippen molar-refractivity contribution < 1.29 is 23.5 Å². The highest BCUT2D eigenvalue weighted by atomic mass is 35.5. The molecule has 1 N–H and O–H groups in total. The monoisotopic (exact) mass is 482 g/mol. The summed E-state index contributed by atoms with van der Waals surface area (Å²) in [5, 5.41) is 11.6. The first-order chi connectivity index (χ1) is 15.8. The van der Waals surface area contributed by atoms with E-state index in [1.165, 1.54) is 54.6 Å². The molecule has 1 unspecified atom stereocenters. The highest BCUT2D eigenvalue weighted by molar-refractivity contribution is 7.22. The lowest BCUT2D eigenvalue weighted by atomic mass is 9.95. The first-order valence-corrected chi connectivity index (χ1v) is 10.9. The van der Waals surface area contributed by atoms with Gasteiger partial charge in [0, 0.05) is 10.6 Å². The molecular formula is C24H13ClF2N2O3S. The molecule has 5 rings (SSSR count). The van der Waals surface area contributed by atoms with Crippen molar-refractivity contribution in [2.45, 2.75) is 6.04 Å². The van der Waals surface area contributed by atoms with E-state index >= 15 is 0 Å². The minimum Gasteiger partial charge on any atom is -0.507 e. The van der Waals surface area contributed by atoms with E-state index in [1.54, 1.807) is 12.1 Å². The lowest BCUT2D eigenvalue weighted by Gasteiger charge is -2.23. The van der Waals surface area contributed by atoms with E-state index in [2.05, 4.69) is 4.98 Å². The summed E-state index contributed by atoms with van der Waals surface area (Å²) in [6, 6.07) is 14.3. The number of nitrogens with zero attached hydrogens (tertiary/aromatic N) is 2. The molecule has 1 aromatic heterocycles. The lowest BCUT2D eigenvalue weighted by Crippen LogP contribution is -2.29. The fraction of sp³-hybridized carbons (Fsp3) is 0.0417. The van der Waals surface area contributed by atoms with Gasteiger partial charge in [-0.15, -0.1) is 0 Å². The Labute approximate surface area is 195 Å². The van der Waals surface area contributed by atoms with Crippen molar-refractivity contribution in [3.8, 4) is 0 Å². The van der Waals surface area contributed by atoms with Crippen LogP contribution < -0.4 is 4.90 Å². The maximum absolute atomic E-state index is 13.7. The maximum Gasteiger partial charge on any atom is 0.301 e. The molecule has 4 aromatic rings. The fourth-order valence-corrected chi connectivity index (χ4v) is 4.89. The van der Waals surface area contributed by atoms with Crippen LogP contribution in [0.4, 0.5) is 13.9 Å². The van der Waals surface area contributed by atoms with Crippen molar-refractivity contribution in [1.82, 2.24) is 4.98 Å². The largest absolute Gasteiger partial charge is 0.507 e. The van der Waals surface area contributed by atoms with E-state index in [4.69, 9.17) is 11.6 Å². The third-order valence-electron chi connectivity index (χ3n) is 5.29. The molecule has 5 nitrogen and oxygen atoms in total. The molecule has 0 aliphatic carbocycles. The molecule has 33 heavy (non-hydrogen) atoms. The van der Waals surface area contributed by atoms with Crippen LogP contribution in [0.25, 0.3) is 16.0 Å². The molecule has 1 fully saturated rings. The summed E-state index contributed by atoms with van der Waals surface area (Å²) in [4.78, 5) is 31.8. The van der Waals surface area contributed by atoms with Crippen LogP contribution in [0.5, 0.6) is 0 Å². The minimum absolute atomic E-state index is 0.155. The summed E-state index contributed by atoms with van der Waals surface area (Å²) < 4.78 is 27.8. The summed E-state index contributed by atoms with van der Waals surface area (Å²) in [7, 11) is 0. The molecule has 1 saturated heterocycles. The molecule has 0 spiro atoms. The van der Waals surface area contributed by atoms with Crippen LogP contribution in [0.1, 0.15) is 17.2 Å². The number of aromatic nitrogens is 1. The summed E-state index contributed by atoms with van der Waals surface area (Å²) in [6.07, 6.45) is 0. The van der Waals surface area contributed by atoms with E-state index < -0.39 is 35.1 Å². The van der Waals surface area contributed by atoms with Crippen molar-refractivity contribution in [2.75, 3.05) is 4.90 Å². The van der Waals surface area contributed by atoms with E-state index in [9.17, 15) is 23.5 Å². The van der Waals surface area contributed by atoms with Gasteiger partial charge in [0.05, 0.1) is 21.8 Å². The molecule has 9 heteroatoms. The molecule has 164 valence electrons. The number of benzene rings is 3. The number of hydrogen-bond acceptors (Lipinski definition) is 5. The Morgan fingerprint density at radius 3 is 2.33 bits per heavy atom. The highest BCUT2D eigenvalue weighted by Gasteiger charge is 2.48.